The maximum absolute atomic E-state index is 11.3. The van der Waals surface area contributed by atoms with Crippen LogP contribution in [-0.4, -0.2) is 25.5 Å². The maximum Gasteiger partial charge on any atom is 1.00 e. The third-order valence-corrected chi connectivity index (χ3v) is 2.02. The number of para-hydroxylation sites is 1. The molecule has 0 aliphatic rings. The van der Waals surface area contributed by atoms with E-state index in [0.29, 0.717) is 0 Å². The predicted octanol–water partition coefficient (Wildman–Crippen LogP) is -1.74. The molecule has 1 rings (SSSR count). The zero-order valence-electron chi connectivity index (χ0n) is 9.29. The minimum Gasteiger partial charge on any atom is -0.872 e. The van der Waals surface area contributed by atoms with Crippen molar-refractivity contribution in [1.29, 1.82) is 0 Å². The number of aryl methyl sites for hydroxylation is 1. The van der Waals surface area contributed by atoms with Crippen LogP contribution in [0, 0.1) is 0 Å². The standard InChI is InChI=1S/C11H17NO.Na/c1-12(2)9-5-7-10-6-3-4-8-11(10)13;/h3-4,6,8,13H,5,7,9H2,1-2H3;/q;+1/p-1. The molecule has 0 atom stereocenters. The monoisotopic (exact) mass is 201 g/mol. The third-order valence-electron chi connectivity index (χ3n) is 2.02. The zero-order valence-corrected chi connectivity index (χ0v) is 11.3. The van der Waals surface area contributed by atoms with Gasteiger partial charge < -0.3 is 10.0 Å². The molecule has 72 valence electrons. The van der Waals surface area contributed by atoms with Crippen molar-refractivity contribution in [2.75, 3.05) is 20.6 Å². The van der Waals surface area contributed by atoms with Crippen molar-refractivity contribution >= 4 is 0 Å². The number of hydrogen-bond acceptors (Lipinski definition) is 2. The molecule has 0 unspecified atom stereocenters. The fraction of sp³-hybridized carbons (Fsp3) is 0.455. The van der Waals surface area contributed by atoms with E-state index in [1.807, 2.05) is 26.2 Å². The molecule has 0 spiro atoms. The van der Waals surface area contributed by atoms with Crippen LogP contribution in [0.4, 0.5) is 0 Å². The van der Waals surface area contributed by atoms with Gasteiger partial charge in [-0.15, -0.1) is 5.75 Å². The molecular weight excluding hydrogens is 185 g/mol. The van der Waals surface area contributed by atoms with Crippen molar-refractivity contribution in [3.05, 3.63) is 29.8 Å². The van der Waals surface area contributed by atoms with Crippen LogP contribution in [0.2, 0.25) is 0 Å². The normalized spacial score (nSPS) is 9.93. The molecule has 0 saturated carbocycles. The number of rotatable bonds is 4. The van der Waals surface area contributed by atoms with Gasteiger partial charge in [0.25, 0.3) is 0 Å². The second-order valence-corrected chi connectivity index (χ2v) is 3.51. The van der Waals surface area contributed by atoms with Crippen LogP contribution in [0.15, 0.2) is 24.3 Å². The van der Waals surface area contributed by atoms with Crippen LogP contribution in [0.5, 0.6) is 5.75 Å². The second kappa shape index (κ2) is 7.30. The molecule has 0 amide bonds. The van der Waals surface area contributed by atoms with Crippen molar-refractivity contribution in [2.24, 2.45) is 0 Å². The molecule has 14 heavy (non-hydrogen) atoms. The average Bonchev–Trinajstić information content (AvgIpc) is 2.08. The van der Waals surface area contributed by atoms with Crippen LogP contribution >= 0.6 is 0 Å². The minimum absolute atomic E-state index is 0. The summed E-state index contributed by atoms with van der Waals surface area (Å²) in [6.45, 7) is 1.04. The number of benzene rings is 1. The van der Waals surface area contributed by atoms with Gasteiger partial charge in [0.1, 0.15) is 0 Å². The minimum atomic E-state index is 0. The van der Waals surface area contributed by atoms with Gasteiger partial charge in [0.15, 0.2) is 0 Å². The fourth-order valence-corrected chi connectivity index (χ4v) is 1.30. The molecule has 0 bridgehead atoms. The van der Waals surface area contributed by atoms with Crippen molar-refractivity contribution in [2.45, 2.75) is 12.8 Å². The van der Waals surface area contributed by atoms with Crippen molar-refractivity contribution in [3.63, 3.8) is 0 Å². The topological polar surface area (TPSA) is 26.3 Å². The summed E-state index contributed by atoms with van der Waals surface area (Å²) in [4.78, 5) is 2.13. The number of nitrogens with zero attached hydrogens (tertiary/aromatic N) is 1. The first-order valence-corrected chi connectivity index (χ1v) is 4.60. The van der Waals surface area contributed by atoms with Gasteiger partial charge in [-0.1, -0.05) is 29.8 Å². The van der Waals surface area contributed by atoms with E-state index in [9.17, 15) is 5.11 Å². The van der Waals surface area contributed by atoms with Crippen molar-refractivity contribution in [1.82, 2.24) is 4.90 Å². The van der Waals surface area contributed by atoms with Crippen LogP contribution in [0.1, 0.15) is 12.0 Å². The van der Waals surface area contributed by atoms with Crippen molar-refractivity contribution in [3.8, 4) is 5.75 Å². The van der Waals surface area contributed by atoms with Crippen molar-refractivity contribution < 1.29 is 34.7 Å². The van der Waals surface area contributed by atoms with E-state index < -0.39 is 0 Å². The summed E-state index contributed by atoms with van der Waals surface area (Å²) in [6, 6.07) is 7.26. The van der Waals surface area contributed by atoms with E-state index in [-0.39, 0.29) is 35.3 Å². The van der Waals surface area contributed by atoms with E-state index >= 15 is 0 Å². The smallest absolute Gasteiger partial charge is 0.872 e. The number of hydrogen-bond donors (Lipinski definition) is 0. The first-order chi connectivity index (χ1) is 6.20. The molecule has 0 fully saturated rings. The molecular formula is C11H16NNaO. The Morgan fingerprint density at radius 3 is 2.43 bits per heavy atom. The van der Waals surface area contributed by atoms with Gasteiger partial charge in [-0.3, -0.25) is 0 Å². The summed E-state index contributed by atoms with van der Waals surface area (Å²) < 4.78 is 0. The van der Waals surface area contributed by atoms with Crippen LogP contribution in [0.25, 0.3) is 0 Å². The summed E-state index contributed by atoms with van der Waals surface area (Å²) >= 11 is 0. The van der Waals surface area contributed by atoms with Gasteiger partial charge in [-0.05, 0) is 33.5 Å². The average molecular weight is 201 g/mol. The van der Waals surface area contributed by atoms with Crippen LogP contribution < -0.4 is 34.7 Å². The molecule has 0 saturated heterocycles. The Bertz CT molecular complexity index is 263. The van der Waals surface area contributed by atoms with Gasteiger partial charge in [0, 0.05) is 0 Å². The first kappa shape index (κ1) is 14.0. The molecule has 0 N–H and O–H groups in total. The SMILES string of the molecule is CN(C)CCCc1ccccc1[O-].[Na+]. The summed E-state index contributed by atoms with van der Waals surface area (Å²) in [6.07, 6.45) is 1.93. The Morgan fingerprint density at radius 1 is 1.21 bits per heavy atom. The van der Waals surface area contributed by atoms with Gasteiger partial charge in [-0.25, -0.2) is 0 Å². The predicted molar refractivity (Wildman–Crippen MR) is 52.8 cm³/mol. The zero-order chi connectivity index (χ0) is 9.68. The molecule has 1 aromatic carbocycles. The summed E-state index contributed by atoms with van der Waals surface area (Å²) in [5.41, 5.74) is 0.935. The van der Waals surface area contributed by atoms with Gasteiger partial charge in [0.05, 0.1) is 0 Å². The van der Waals surface area contributed by atoms with E-state index in [4.69, 9.17) is 0 Å². The molecule has 3 heteroatoms. The Morgan fingerprint density at radius 2 is 1.86 bits per heavy atom. The Balaban J connectivity index is 0.00000169. The second-order valence-electron chi connectivity index (χ2n) is 3.51. The largest absolute Gasteiger partial charge is 1.00 e. The van der Waals surface area contributed by atoms with E-state index in [1.165, 1.54) is 0 Å². The summed E-state index contributed by atoms with van der Waals surface area (Å²) in [5.74, 6) is 0.168. The molecule has 0 aliphatic carbocycles. The summed E-state index contributed by atoms with van der Waals surface area (Å²) in [7, 11) is 4.09. The Hall–Kier alpha value is -0.0200. The molecule has 0 radical (unpaired) electrons. The van der Waals surface area contributed by atoms with Gasteiger partial charge >= 0.3 is 29.6 Å². The first-order valence-electron chi connectivity index (χ1n) is 4.60. The van der Waals surface area contributed by atoms with Crippen LogP contribution in [0.3, 0.4) is 0 Å². The Labute approximate surface area is 108 Å². The molecule has 0 heterocycles. The molecule has 0 aromatic heterocycles. The molecule has 1 aromatic rings. The maximum atomic E-state index is 11.3. The molecule has 2 nitrogen and oxygen atoms in total. The summed E-state index contributed by atoms with van der Waals surface area (Å²) in [5, 5.41) is 11.3. The van der Waals surface area contributed by atoms with E-state index in [2.05, 4.69) is 4.90 Å². The fourth-order valence-electron chi connectivity index (χ4n) is 1.30. The van der Waals surface area contributed by atoms with Gasteiger partial charge in [0.2, 0.25) is 0 Å². The van der Waals surface area contributed by atoms with Gasteiger partial charge in [-0.2, -0.15) is 0 Å². The van der Waals surface area contributed by atoms with E-state index in [1.54, 1.807) is 12.1 Å². The Kier molecular flexibility index (Phi) is 7.28. The molecule has 0 aliphatic heterocycles. The van der Waals surface area contributed by atoms with Crippen LogP contribution in [-0.2, 0) is 6.42 Å². The quantitative estimate of drug-likeness (QED) is 0.541. The van der Waals surface area contributed by atoms with E-state index in [0.717, 1.165) is 24.9 Å². The third kappa shape index (κ3) is 5.01.